The molecule has 9 nitrogen and oxygen atoms in total. The predicted molar refractivity (Wildman–Crippen MR) is 98.1 cm³/mol. The molecule has 2 rings (SSSR count). The fourth-order valence-electron chi connectivity index (χ4n) is 2.16. The van der Waals surface area contributed by atoms with E-state index in [9.17, 15) is 29.4 Å². The van der Waals surface area contributed by atoms with E-state index in [1.807, 2.05) is 0 Å². The molecular weight excluding hydrogens is 408 g/mol. The molecule has 152 valence electrons. The lowest BCUT2D eigenvalue weighted by atomic mass is 10.1. The molecule has 2 aromatic carbocycles. The van der Waals surface area contributed by atoms with Gasteiger partial charge in [-0.3, -0.25) is 0 Å². The molecule has 10 heteroatoms. The van der Waals surface area contributed by atoms with Crippen molar-refractivity contribution in [2.75, 3.05) is 7.11 Å². The molecule has 2 atom stereocenters. The molecule has 0 spiro atoms. The Balaban J connectivity index is 2.20. The van der Waals surface area contributed by atoms with E-state index in [0.717, 1.165) is 0 Å². The van der Waals surface area contributed by atoms with Crippen molar-refractivity contribution in [3.63, 3.8) is 0 Å². The zero-order chi connectivity index (χ0) is 21.6. The largest absolute Gasteiger partial charge is 0.497 e. The minimum absolute atomic E-state index is 0.0507. The highest BCUT2D eigenvalue weighted by Gasteiger charge is 2.41. The third-order valence-electron chi connectivity index (χ3n) is 3.64. The van der Waals surface area contributed by atoms with Gasteiger partial charge in [0.25, 0.3) is 0 Å². The topological polar surface area (TPSA) is 136 Å². The lowest BCUT2D eigenvalue weighted by Gasteiger charge is -2.21. The molecule has 29 heavy (non-hydrogen) atoms. The summed E-state index contributed by atoms with van der Waals surface area (Å²) in [7, 11) is 1.42. The molecule has 2 aromatic rings. The first-order chi connectivity index (χ1) is 13.7. The lowest BCUT2D eigenvalue weighted by molar-refractivity contribution is -0.166. The van der Waals surface area contributed by atoms with Crippen molar-refractivity contribution in [2.24, 2.45) is 0 Å². The van der Waals surface area contributed by atoms with Crippen LogP contribution in [0, 0.1) is 0 Å². The Morgan fingerprint density at radius 2 is 1.14 bits per heavy atom. The van der Waals surface area contributed by atoms with Gasteiger partial charge in [0.1, 0.15) is 5.75 Å². The number of ether oxygens (including phenoxy) is 3. The number of halogens is 1. The third kappa shape index (κ3) is 5.69. The lowest BCUT2D eigenvalue weighted by Crippen LogP contribution is -2.45. The van der Waals surface area contributed by atoms with E-state index in [1.165, 1.54) is 55.6 Å². The summed E-state index contributed by atoms with van der Waals surface area (Å²) >= 11 is 5.71. The summed E-state index contributed by atoms with van der Waals surface area (Å²) in [4.78, 5) is 47.4. The molecule has 0 aliphatic heterocycles. The fourth-order valence-corrected chi connectivity index (χ4v) is 2.29. The number of benzene rings is 2. The summed E-state index contributed by atoms with van der Waals surface area (Å²) in [5.41, 5.74) is -0.114. The molecule has 0 unspecified atom stereocenters. The van der Waals surface area contributed by atoms with Gasteiger partial charge in [0.2, 0.25) is 12.2 Å². The normalized spacial score (nSPS) is 12.3. The Hall–Kier alpha value is -3.59. The number of methoxy groups -OCH3 is 1. The summed E-state index contributed by atoms with van der Waals surface area (Å²) in [5, 5.41) is 19.0. The number of carbonyl (C=O) groups excluding carboxylic acids is 2. The van der Waals surface area contributed by atoms with Gasteiger partial charge >= 0.3 is 23.9 Å². The van der Waals surface area contributed by atoms with Gasteiger partial charge in [-0.1, -0.05) is 11.6 Å². The highest BCUT2D eigenvalue weighted by atomic mass is 35.5. The maximum atomic E-state index is 12.2. The number of hydrogen-bond acceptors (Lipinski definition) is 7. The number of rotatable bonds is 8. The minimum Gasteiger partial charge on any atom is -0.497 e. The van der Waals surface area contributed by atoms with Gasteiger partial charge in [-0.2, -0.15) is 0 Å². The number of carboxylic acid groups (broad SMARTS) is 2. The number of hydrogen-bond donors (Lipinski definition) is 2. The average Bonchev–Trinajstić information content (AvgIpc) is 2.70. The zero-order valence-corrected chi connectivity index (χ0v) is 15.7. The maximum absolute atomic E-state index is 12.2. The second-order valence-corrected chi connectivity index (χ2v) is 6.00. The molecule has 0 saturated heterocycles. The SMILES string of the molecule is COc1ccc(C(=O)O[C@@H](C(=O)O)[C@@H](OC(=O)c2ccc(Cl)cc2)C(=O)O)cc1. The highest BCUT2D eigenvalue weighted by Crippen LogP contribution is 2.17. The summed E-state index contributed by atoms with van der Waals surface area (Å²) in [5.74, 6) is -5.41. The number of aliphatic carboxylic acids is 2. The maximum Gasteiger partial charge on any atom is 0.349 e. The van der Waals surface area contributed by atoms with Crippen LogP contribution in [0.15, 0.2) is 48.5 Å². The van der Waals surface area contributed by atoms with Crippen molar-refractivity contribution in [1.29, 1.82) is 0 Å². The first kappa shape index (κ1) is 21.7. The van der Waals surface area contributed by atoms with Crippen molar-refractivity contribution in [3.8, 4) is 5.75 Å². The summed E-state index contributed by atoms with van der Waals surface area (Å²) in [6, 6.07) is 10.7. The van der Waals surface area contributed by atoms with Crippen molar-refractivity contribution in [3.05, 3.63) is 64.7 Å². The number of carbonyl (C=O) groups is 4. The van der Waals surface area contributed by atoms with E-state index in [2.05, 4.69) is 0 Å². The molecular formula is C19H15ClO9. The molecule has 0 amide bonds. The van der Waals surface area contributed by atoms with Crippen LogP contribution in [-0.4, -0.2) is 53.4 Å². The minimum atomic E-state index is -2.28. The van der Waals surface area contributed by atoms with Crippen LogP contribution in [0.1, 0.15) is 20.7 Å². The van der Waals surface area contributed by atoms with Crippen molar-refractivity contribution in [2.45, 2.75) is 12.2 Å². The Morgan fingerprint density at radius 3 is 1.48 bits per heavy atom. The van der Waals surface area contributed by atoms with E-state index >= 15 is 0 Å². The standard InChI is InChI=1S/C19H15ClO9/c1-27-13-8-4-11(5-9-13)19(26)29-15(17(23)24)14(16(21)22)28-18(25)10-2-6-12(20)7-3-10/h2-9,14-15H,1H3,(H,21,22)(H,23,24)/t14-,15-/m1/s1. The second-order valence-electron chi connectivity index (χ2n) is 5.56. The van der Waals surface area contributed by atoms with Crippen LogP contribution < -0.4 is 4.74 Å². The molecule has 0 heterocycles. The van der Waals surface area contributed by atoms with E-state index in [4.69, 9.17) is 25.8 Å². The van der Waals surface area contributed by atoms with Crippen LogP contribution in [0.4, 0.5) is 0 Å². The quantitative estimate of drug-likeness (QED) is 0.613. The van der Waals surface area contributed by atoms with Gasteiger partial charge in [0.15, 0.2) is 0 Å². The third-order valence-corrected chi connectivity index (χ3v) is 3.89. The summed E-state index contributed by atoms with van der Waals surface area (Å²) < 4.78 is 14.5. The van der Waals surface area contributed by atoms with Crippen LogP contribution in [0.25, 0.3) is 0 Å². The van der Waals surface area contributed by atoms with Crippen molar-refractivity contribution in [1.82, 2.24) is 0 Å². The number of esters is 2. The van der Waals surface area contributed by atoms with Crippen LogP contribution in [0.3, 0.4) is 0 Å². The Kier molecular flexibility index (Phi) is 7.15. The van der Waals surface area contributed by atoms with Gasteiger partial charge in [0, 0.05) is 5.02 Å². The molecule has 0 radical (unpaired) electrons. The predicted octanol–water partition coefficient (Wildman–Crippen LogP) is 2.27. The summed E-state index contributed by atoms with van der Waals surface area (Å²) in [6.07, 6.45) is -4.56. The molecule has 2 N–H and O–H groups in total. The van der Waals surface area contributed by atoms with Gasteiger partial charge in [0.05, 0.1) is 18.2 Å². The molecule has 0 saturated carbocycles. The van der Waals surface area contributed by atoms with Crippen LogP contribution in [0.5, 0.6) is 5.75 Å². The molecule has 0 aliphatic rings. The van der Waals surface area contributed by atoms with Gasteiger partial charge in [-0.15, -0.1) is 0 Å². The first-order valence-electron chi connectivity index (χ1n) is 8.00. The smallest absolute Gasteiger partial charge is 0.349 e. The average molecular weight is 423 g/mol. The van der Waals surface area contributed by atoms with Crippen LogP contribution in [-0.2, 0) is 19.1 Å². The first-order valence-corrected chi connectivity index (χ1v) is 8.38. The van der Waals surface area contributed by atoms with Crippen molar-refractivity contribution >= 4 is 35.5 Å². The molecule has 0 aliphatic carbocycles. The van der Waals surface area contributed by atoms with Gasteiger partial charge in [-0.25, -0.2) is 19.2 Å². The van der Waals surface area contributed by atoms with Crippen LogP contribution in [0.2, 0.25) is 5.02 Å². The fraction of sp³-hybridized carbons (Fsp3) is 0.158. The van der Waals surface area contributed by atoms with Gasteiger partial charge in [-0.05, 0) is 48.5 Å². The summed E-state index contributed by atoms with van der Waals surface area (Å²) in [6.45, 7) is 0. The Labute approximate surface area is 169 Å². The van der Waals surface area contributed by atoms with E-state index in [1.54, 1.807) is 0 Å². The molecule has 0 aromatic heterocycles. The second kappa shape index (κ2) is 9.56. The Bertz CT molecular complexity index is 906. The van der Waals surface area contributed by atoms with Crippen molar-refractivity contribution < 1.29 is 43.6 Å². The van der Waals surface area contributed by atoms with E-state index < -0.39 is 36.1 Å². The number of carboxylic acids is 2. The highest BCUT2D eigenvalue weighted by molar-refractivity contribution is 6.30. The molecule has 0 bridgehead atoms. The van der Waals surface area contributed by atoms with Crippen LogP contribution >= 0.6 is 11.6 Å². The van der Waals surface area contributed by atoms with E-state index in [-0.39, 0.29) is 11.1 Å². The van der Waals surface area contributed by atoms with Gasteiger partial charge < -0.3 is 24.4 Å². The van der Waals surface area contributed by atoms with E-state index in [0.29, 0.717) is 10.8 Å². The molecule has 0 fully saturated rings. The Morgan fingerprint density at radius 1 is 0.759 bits per heavy atom. The zero-order valence-electron chi connectivity index (χ0n) is 14.9. The monoisotopic (exact) mass is 422 g/mol.